The topological polar surface area (TPSA) is 58.1 Å². The largest absolute Gasteiger partial charge is 0.343 e. The molecule has 0 spiro atoms. The van der Waals surface area contributed by atoms with Gasteiger partial charge in [-0.05, 0) is 36.4 Å². The van der Waals surface area contributed by atoms with Gasteiger partial charge in [0.1, 0.15) is 0 Å². The lowest BCUT2D eigenvalue weighted by atomic mass is 10.1. The van der Waals surface area contributed by atoms with E-state index in [1.54, 1.807) is 42.9 Å². The number of amides is 1. The van der Waals surface area contributed by atoms with Gasteiger partial charge in [0.2, 0.25) is 0 Å². The first-order valence-corrected chi connectivity index (χ1v) is 9.58. The third-order valence-corrected chi connectivity index (χ3v) is 5.21. The van der Waals surface area contributed by atoms with Crippen molar-refractivity contribution in [3.63, 3.8) is 0 Å². The van der Waals surface area contributed by atoms with Crippen LogP contribution in [-0.2, 0) is 0 Å². The maximum atomic E-state index is 12.8. The van der Waals surface area contributed by atoms with Crippen LogP contribution in [0.3, 0.4) is 0 Å². The molecule has 2 aromatic carbocycles. The molecule has 0 aliphatic carbocycles. The molecule has 0 saturated heterocycles. The van der Waals surface area contributed by atoms with Crippen LogP contribution in [0.2, 0.25) is 10.0 Å². The van der Waals surface area contributed by atoms with Crippen LogP contribution < -0.4 is 10.2 Å². The Morgan fingerprint density at radius 1 is 0.966 bits per heavy atom. The first kappa shape index (κ1) is 19.2. The normalized spacial score (nSPS) is 10.7. The smallest absolute Gasteiger partial charge is 0.258 e. The molecule has 1 N–H and O–H groups in total. The van der Waals surface area contributed by atoms with E-state index in [9.17, 15) is 4.79 Å². The molecule has 0 saturated carbocycles. The summed E-state index contributed by atoms with van der Waals surface area (Å²) in [5.41, 5.74) is 3.35. The molecule has 7 heteroatoms. The van der Waals surface area contributed by atoms with Gasteiger partial charge in [-0.2, -0.15) is 0 Å². The van der Waals surface area contributed by atoms with Gasteiger partial charge in [-0.25, -0.2) is 0 Å². The zero-order chi connectivity index (χ0) is 20.4. The summed E-state index contributed by atoms with van der Waals surface area (Å²) < 4.78 is 0. The zero-order valence-corrected chi connectivity index (χ0v) is 16.9. The van der Waals surface area contributed by atoms with Crippen molar-refractivity contribution in [3.05, 3.63) is 88.8 Å². The van der Waals surface area contributed by atoms with Gasteiger partial charge in [-0.1, -0.05) is 41.4 Å². The monoisotopic (exact) mass is 422 g/mol. The van der Waals surface area contributed by atoms with E-state index in [1.807, 2.05) is 42.3 Å². The quantitative estimate of drug-likeness (QED) is 0.440. The molecule has 29 heavy (non-hydrogen) atoms. The van der Waals surface area contributed by atoms with Crippen LogP contribution in [0.15, 0.2) is 73.2 Å². The Labute approximate surface area is 177 Å². The summed E-state index contributed by atoms with van der Waals surface area (Å²) in [6.45, 7) is 0. The molecular formula is C22H16Cl2N4O. The van der Waals surface area contributed by atoms with Crippen molar-refractivity contribution in [3.8, 4) is 0 Å². The van der Waals surface area contributed by atoms with Crippen LogP contribution >= 0.6 is 23.2 Å². The lowest BCUT2D eigenvalue weighted by molar-refractivity contribution is 0.102. The van der Waals surface area contributed by atoms with Gasteiger partial charge >= 0.3 is 0 Å². The minimum absolute atomic E-state index is 0.233. The number of anilines is 3. The Hall–Kier alpha value is -3.15. The Balaban J connectivity index is 1.75. The molecule has 0 radical (unpaired) electrons. The predicted molar refractivity (Wildman–Crippen MR) is 118 cm³/mol. The summed E-state index contributed by atoms with van der Waals surface area (Å²) in [6, 6.07) is 16.4. The van der Waals surface area contributed by atoms with Crippen LogP contribution in [0, 0.1) is 0 Å². The van der Waals surface area contributed by atoms with Crippen molar-refractivity contribution in [1.82, 2.24) is 9.97 Å². The molecule has 4 aromatic rings. The van der Waals surface area contributed by atoms with Crippen molar-refractivity contribution in [2.24, 2.45) is 0 Å². The summed E-state index contributed by atoms with van der Waals surface area (Å²) in [5, 5.41) is 4.36. The molecule has 0 bridgehead atoms. The SMILES string of the molecule is CN(c1cccnc1)c1ccnc2c(NC(=O)c3c(Cl)cccc3Cl)cccc12. The molecule has 0 unspecified atom stereocenters. The lowest BCUT2D eigenvalue weighted by Crippen LogP contribution is -2.14. The highest BCUT2D eigenvalue weighted by Gasteiger charge is 2.17. The standard InChI is InChI=1S/C22H16Cl2N4O/c1-28(14-5-4-11-25-13-14)19-10-12-26-21-15(19)6-2-9-18(21)27-22(29)20-16(23)7-3-8-17(20)24/h2-13H,1H3,(H,27,29). The molecule has 1 amide bonds. The number of aromatic nitrogens is 2. The highest BCUT2D eigenvalue weighted by atomic mass is 35.5. The number of carbonyl (C=O) groups is 1. The molecule has 2 aromatic heterocycles. The number of fused-ring (bicyclic) bond motifs is 1. The summed E-state index contributed by atoms with van der Waals surface area (Å²) in [5.74, 6) is -0.388. The Morgan fingerprint density at radius 3 is 2.45 bits per heavy atom. The molecular weight excluding hydrogens is 407 g/mol. The summed E-state index contributed by atoms with van der Waals surface area (Å²) >= 11 is 12.3. The molecule has 2 heterocycles. The number of halogens is 2. The average molecular weight is 423 g/mol. The maximum Gasteiger partial charge on any atom is 0.258 e. The summed E-state index contributed by atoms with van der Waals surface area (Å²) in [7, 11) is 1.96. The maximum absolute atomic E-state index is 12.8. The van der Waals surface area contributed by atoms with E-state index in [2.05, 4.69) is 15.3 Å². The van der Waals surface area contributed by atoms with Crippen molar-refractivity contribution in [1.29, 1.82) is 0 Å². The molecule has 0 atom stereocenters. The number of hydrogen-bond donors (Lipinski definition) is 1. The van der Waals surface area contributed by atoms with Crippen LogP contribution in [-0.4, -0.2) is 22.9 Å². The van der Waals surface area contributed by atoms with Gasteiger partial charge in [-0.15, -0.1) is 0 Å². The first-order valence-electron chi connectivity index (χ1n) is 8.83. The number of carbonyl (C=O) groups excluding carboxylic acids is 1. The second-order valence-electron chi connectivity index (χ2n) is 6.35. The van der Waals surface area contributed by atoms with E-state index in [0.29, 0.717) is 21.2 Å². The Kier molecular flexibility index (Phi) is 5.34. The highest BCUT2D eigenvalue weighted by molar-refractivity contribution is 6.40. The lowest BCUT2D eigenvalue weighted by Gasteiger charge is -2.21. The summed E-state index contributed by atoms with van der Waals surface area (Å²) in [4.78, 5) is 23.5. The van der Waals surface area contributed by atoms with Gasteiger partial charge in [0, 0.05) is 24.8 Å². The number of nitrogens with zero attached hydrogens (tertiary/aromatic N) is 3. The zero-order valence-electron chi connectivity index (χ0n) is 15.4. The fourth-order valence-corrected chi connectivity index (χ4v) is 3.71. The van der Waals surface area contributed by atoms with E-state index in [0.717, 1.165) is 16.8 Å². The number of hydrogen-bond acceptors (Lipinski definition) is 4. The number of para-hydroxylation sites is 1. The second-order valence-corrected chi connectivity index (χ2v) is 7.17. The molecule has 0 aliphatic heterocycles. The number of pyridine rings is 2. The van der Waals surface area contributed by atoms with Crippen LogP contribution in [0.25, 0.3) is 10.9 Å². The molecule has 144 valence electrons. The van der Waals surface area contributed by atoms with Gasteiger partial charge in [0.15, 0.2) is 0 Å². The van der Waals surface area contributed by atoms with Crippen LogP contribution in [0.4, 0.5) is 17.1 Å². The van der Waals surface area contributed by atoms with Crippen molar-refractivity contribution in [2.75, 3.05) is 17.3 Å². The van der Waals surface area contributed by atoms with E-state index in [4.69, 9.17) is 23.2 Å². The van der Waals surface area contributed by atoms with Gasteiger partial charge in [0.05, 0.1) is 44.4 Å². The van der Waals surface area contributed by atoms with Crippen molar-refractivity contribution in [2.45, 2.75) is 0 Å². The third-order valence-electron chi connectivity index (χ3n) is 4.58. The highest BCUT2D eigenvalue weighted by Crippen LogP contribution is 2.33. The third kappa shape index (κ3) is 3.75. The molecule has 5 nitrogen and oxygen atoms in total. The van der Waals surface area contributed by atoms with Crippen molar-refractivity contribution < 1.29 is 4.79 Å². The predicted octanol–water partition coefficient (Wildman–Crippen LogP) is 5.96. The van der Waals surface area contributed by atoms with Crippen LogP contribution in [0.1, 0.15) is 10.4 Å². The Bertz CT molecular complexity index is 1180. The average Bonchev–Trinajstić information content (AvgIpc) is 2.73. The minimum atomic E-state index is -0.388. The molecule has 4 rings (SSSR count). The molecule has 0 fully saturated rings. The second kappa shape index (κ2) is 8.07. The molecule has 0 aliphatic rings. The van der Waals surface area contributed by atoms with E-state index in [1.165, 1.54) is 0 Å². The minimum Gasteiger partial charge on any atom is -0.343 e. The fourth-order valence-electron chi connectivity index (χ4n) is 3.15. The fraction of sp³-hybridized carbons (Fsp3) is 0.0455. The van der Waals surface area contributed by atoms with Gasteiger partial charge in [0.25, 0.3) is 5.91 Å². The number of nitrogens with one attached hydrogen (secondary N) is 1. The Morgan fingerprint density at radius 2 is 1.72 bits per heavy atom. The van der Waals surface area contributed by atoms with Gasteiger partial charge in [-0.3, -0.25) is 14.8 Å². The van der Waals surface area contributed by atoms with Crippen molar-refractivity contribution >= 4 is 57.1 Å². The van der Waals surface area contributed by atoms with E-state index >= 15 is 0 Å². The summed E-state index contributed by atoms with van der Waals surface area (Å²) in [6.07, 6.45) is 5.23. The number of benzene rings is 2. The first-order chi connectivity index (χ1) is 14.1. The number of rotatable bonds is 4. The van der Waals surface area contributed by atoms with E-state index < -0.39 is 0 Å². The van der Waals surface area contributed by atoms with Crippen LogP contribution in [0.5, 0.6) is 0 Å². The van der Waals surface area contributed by atoms with Gasteiger partial charge < -0.3 is 10.2 Å². The van der Waals surface area contributed by atoms with E-state index in [-0.39, 0.29) is 11.5 Å².